The minimum Gasteiger partial charge on any atom is -0.481 e. The highest BCUT2D eigenvalue weighted by molar-refractivity contribution is 5.97. The van der Waals surface area contributed by atoms with Gasteiger partial charge in [-0.2, -0.15) is 0 Å². The van der Waals surface area contributed by atoms with Crippen molar-refractivity contribution in [2.45, 2.75) is 38.6 Å². The monoisotopic (exact) mass is 622 g/mol. The van der Waals surface area contributed by atoms with Crippen molar-refractivity contribution in [2.75, 3.05) is 50.8 Å². The molecule has 3 fully saturated rings. The van der Waals surface area contributed by atoms with Gasteiger partial charge in [-0.3, -0.25) is 19.2 Å². The third-order valence-electron chi connectivity index (χ3n) is 8.60. The largest absolute Gasteiger partial charge is 0.481 e. The van der Waals surface area contributed by atoms with Gasteiger partial charge in [0.25, 0.3) is 5.91 Å². The van der Waals surface area contributed by atoms with Crippen molar-refractivity contribution in [1.82, 2.24) is 25.1 Å². The summed E-state index contributed by atoms with van der Waals surface area (Å²) in [6, 6.07) is 9.48. The normalized spacial score (nSPS) is 21.1. The molecule has 0 bridgehead atoms. The molecule has 1 aromatic heterocycles. The average molecular weight is 623 g/mol. The molecule has 0 radical (unpaired) electrons. The highest BCUT2D eigenvalue weighted by Crippen LogP contribution is 2.52. The fourth-order valence-electron chi connectivity index (χ4n) is 5.99. The molecule has 5 rings (SSSR count). The van der Waals surface area contributed by atoms with Gasteiger partial charge in [0.15, 0.2) is 5.82 Å². The number of hydrogen-bond donors (Lipinski definition) is 3. The third-order valence-corrected chi connectivity index (χ3v) is 8.60. The number of anilines is 1. The van der Waals surface area contributed by atoms with Crippen LogP contribution in [0, 0.1) is 17.8 Å². The van der Waals surface area contributed by atoms with Gasteiger partial charge in [-0.1, -0.05) is 43.7 Å². The lowest BCUT2D eigenvalue weighted by molar-refractivity contribution is -0.140. The molecule has 2 aromatic rings. The van der Waals surface area contributed by atoms with Crippen molar-refractivity contribution < 1.29 is 38.9 Å². The number of benzene rings is 1. The molecule has 2 aliphatic heterocycles. The highest BCUT2D eigenvalue weighted by Gasteiger charge is 2.60. The van der Waals surface area contributed by atoms with Gasteiger partial charge in [0.1, 0.15) is 17.6 Å². The van der Waals surface area contributed by atoms with E-state index in [2.05, 4.69) is 15.3 Å². The standard InChI is InChI=1S/C31H38N6O8/c1-2-3-15-45-31(44)36-13-11-35(12-14-36)29(41)22(9-10-25(38)39)33-28(40)23-16-24(34-27(32-23)19-7-5-4-6-8-19)37-17-20-21(18-37)26(20)30(42)43/h4-8,16,20-22,26H,2-3,9-15,17-18H2,1H3,(H,33,40)(H,38,39)(H,42,43)/t20-,21+,22-,26+/m0/s1. The van der Waals surface area contributed by atoms with Crippen LogP contribution in [-0.4, -0.2) is 112 Å². The van der Waals surface area contributed by atoms with Gasteiger partial charge < -0.3 is 35.0 Å². The van der Waals surface area contributed by atoms with Crippen molar-refractivity contribution in [2.24, 2.45) is 17.8 Å². The second-order valence-corrected chi connectivity index (χ2v) is 11.6. The Kier molecular flexibility index (Phi) is 9.79. The second kappa shape index (κ2) is 13.9. The Labute approximate surface area is 260 Å². The summed E-state index contributed by atoms with van der Waals surface area (Å²) in [4.78, 5) is 76.5. The van der Waals surface area contributed by atoms with Crippen molar-refractivity contribution in [3.63, 3.8) is 0 Å². The second-order valence-electron chi connectivity index (χ2n) is 11.6. The Morgan fingerprint density at radius 1 is 0.978 bits per heavy atom. The molecule has 14 nitrogen and oxygen atoms in total. The number of piperazine rings is 1. The lowest BCUT2D eigenvalue weighted by atomic mass is 10.1. The Hall–Kier alpha value is -4.75. The molecule has 4 atom stereocenters. The molecule has 1 saturated carbocycles. The van der Waals surface area contributed by atoms with Crippen LogP contribution in [0.2, 0.25) is 0 Å². The number of ether oxygens (including phenoxy) is 1. The van der Waals surface area contributed by atoms with Crippen LogP contribution in [0.3, 0.4) is 0 Å². The fraction of sp³-hybridized carbons (Fsp3) is 0.516. The molecule has 1 aliphatic carbocycles. The number of amides is 3. The Morgan fingerprint density at radius 2 is 1.64 bits per heavy atom. The summed E-state index contributed by atoms with van der Waals surface area (Å²) >= 11 is 0. The summed E-state index contributed by atoms with van der Waals surface area (Å²) in [7, 11) is 0. The van der Waals surface area contributed by atoms with E-state index in [0.29, 0.717) is 36.9 Å². The molecular formula is C31H38N6O8. The number of carbonyl (C=O) groups is 5. The predicted molar refractivity (Wildman–Crippen MR) is 160 cm³/mol. The number of carbonyl (C=O) groups excluding carboxylic acids is 3. The van der Waals surface area contributed by atoms with Gasteiger partial charge in [0.05, 0.1) is 12.5 Å². The van der Waals surface area contributed by atoms with Gasteiger partial charge in [0, 0.05) is 57.3 Å². The number of carboxylic acid groups (broad SMARTS) is 2. The molecule has 1 aromatic carbocycles. The molecule has 3 heterocycles. The van der Waals surface area contributed by atoms with Gasteiger partial charge in [-0.05, 0) is 24.7 Å². The van der Waals surface area contributed by atoms with Crippen LogP contribution in [0.4, 0.5) is 10.6 Å². The number of fused-ring (bicyclic) bond motifs is 1. The Balaban J connectivity index is 1.31. The molecule has 3 amide bonds. The zero-order valence-corrected chi connectivity index (χ0v) is 25.1. The first-order valence-corrected chi connectivity index (χ1v) is 15.3. The van der Waals surface area contributed by atoms with Crippen LogP contribution in [0.15, 0.2) is 36.4 Å². The number of rotatable bonds is 12. The molecule has 45 heavy (non-hydrogen) atoms. The third kappa shape index (κ3) is 7.49. The van der Waals surface area contributed by atoms with Crippen molar-refractivity contribution >= 4 is 35.7 Å². The molecule has 3 aliphatic rings. The van der Waals surface area contributed by atoms with E-state index in [4.69, 9.17) is 4.74 Å². The molecule has 0 unspecified atom stereocenters. The van der Waals surface area contributed by atoms with Crippen LogP contribution < -0.4 is 10.2 Å². The first-order valence-electron chi connectivity index (χ1n) is 15.3. The predicted octanol–water partition coefficient (Wildman–Crippen LogP) is 1.95. The van der Waals surface area contributed by atoms with E-state index in [-0.39, 0.29) is 62.5 Å². The highest BCUT2D eigenvalue weighted by atomic mass is 16.6. The van der Waals surface area contributed by atoms with Crippen molar-refractivity contribution in [3.8, 4) is 11.4 Å². The lowest BCUT2D eigenvalue weighted by Gasteiger charge is -2.36. The first kappa shape index (κ1) is 31.7. The van der Waals surface area contributed by atoms with E-state index in [1.807, 2.05) is 30.0 Å². The topological polar surface area (TPSA) is 183 Å². The van der Waals surface area contributed by atoms with Crippen LogP contribution in [-0.2, 0) is 19.1 Å². The van der Waals surface area contributed by atoms with E-state index in [1.165, 1.54) is 15.9 Å². The summed E-state index contributed by atoms with van der Waals surface area (Å²) < 4.78 is 5.26. The number of hydrogen-bond acceptors (Lipinski definition) is 9. The number of piperidine rings is 1. The summed E-state index contributed by atoms with van der Waals surface area (Å²) in [6.07, 6.45) is 0.754. The SMILES string of the molecule is CCCCOC(=O)N1CCN(C(=O)[C@H](CCC(=O)O)NC(=O)c2cc(N3C[C@@H]4[C@H](C3)[C@H]4C(=O)O)nc(-c3ccccc3)n2)CC1. The summed E-state index contributed by atoms with van der Waals surface area (Å²) in [5.41, 5.74) is 0.674. The maximum absolute atomic E-state index is 13.6. The maximum atomic E-state index is 13.6. The van der Waals surface area contributed by atoms with Gasteiger partial charge in [0.2, 0.25) is 5.91 Å². The minimum atomic E-state index is -1.13. The maximum Gasteiger partial charge on any atom is 0.409 e. The van der Waals surface area contributed by atoms with E-state index in [0.717, 1.165) is 12.8 Å². The van der Waals surface area contributed by atoms with E-state index in [1.54, 1.807) is 12.1 Å². The summed E-state index contributed by atoms with van der Waals surface area (Å²) in [5, 5.41) is 21.5. The zero-order valence-electron chi connectivity index (χ0n) is 25.1. The first-order chi connectivity index (χ1) is 21.7. The smallest absolute Gasteiger partial charge is 0.409 e. The van der Waals surface area contributed by atoms with Crippen molar-refractivity contribution in [3.05, 3.63) is 42.1 Å². The van der Waals surface area contributed by atoms with Crippen LogP contribution >= 0.6 is 0 Å². The van der Waals surface area contributed by atoms with Gasteiger partial charge in [-0.15, -0.1) is 0 Å². The Morgan fingerprint density at radius 3 is 2.27 bits per heavy atom. The number of aromatic nitrogens is 2. The quantitative estimate of drug-likeness (QED) is 0.294. The van der Waals surface area contributed by atoms with E-state index < -0.39 is 35.9 Å². The summed E-state index contributed by atoms with van der Waals surface area (Å²) in [5.74, 6) is -2.57. The van der Waals surface area contributed by atoms with Gasteiger partial charge in [-0.25, -0.2) is 14.8 Å². The minimum absolute atomic E-state index is 0.00183. The number of nitrogens with zero attached hydrogens (tertiary/aromatic N) is 5. The Bertz CT molecular complexity index is 1420. The molecular weight excluding hydrogens is 584 g/mol. The van der Waals surface area contributed by atoms with E-state index in [9.17, 15) is 34.2 Å². The van der Waals surface area contributed by atoms with Crippen LogP contribution in [0.25, 0.3) is 11.4 Å². The average Bonchev–Trinajstić information content (AvgIpc) is 3.56. The number of nitrogens with one attached hydrogen (secondary N) is 1. The van der Waals surface area contributed by atoms with Crippen LogP contribution in [0.1, 0.15) is 43.1 Å². The number of aliphatic carboxylic acids is 2. The molecule has 14 heteroatoms. The fourth-order valence-corrected chi connectivity index (χ4v) is 5.99. The number of unbranched alkanes of at least 4 members (excludes halogenated alkanes) is 1. The lowest BCUT2D eigenvalue weighted by Crippen LogP contribution is -2.56. The summed E-state index contributed by atoms with van der Waals surface area (Å²) in [6.45, 7) is 4.25. The van der Waals surface area contributed by atoms with Gasteiger partial charge >= 0.3 is 18.0 Å². The molecule has 0 spiro atoms. The molecule has 240 valence electrons. The van der Waals surface area contributed by atoms with Crippen LogP contribution in [0.5, 0.6) is 0 Å². The molecule has 3 N–H and O–H groups in total. The molecule has 2 saturated heterocycles. The van der Waals surface area contributed by atoms with Crippen molar-refractivity contribution in [1.29, 1.82) is 0 Å². The number of carboxylic acids is 2. The zero-order chi connectivity index (χ0) is 32.1. The van der Waals surface area contributed by atoms with E-state index >= 15 is 0 Å².